The predicted molar refractivity (Wildman–Crippen MR) is 52.8 cm³/mol. The predicted octanol–water partition coefficient (Wildman–Crippen LogP) is 0.00630. The van der Waals surface area contributed by atoms with Crippen LogP contribution >= 0.6 is 25.3 Å². The van der Waals surface area contributed by atoms with E-state index >= 15 is 0 Å². The van der Waals surface area contributed by atoms with Crippen LogP contribution in [-0.2, 0) is 4.79 Å². The van der Waals surface area contributed by atoms with Crippen LogP contribution < -0.4 is 0 Å². The van der Waals surface area contributed by atoms with Gasteiger partial charge in [0.2, 0.25) is 0 Å². The highest BCUT2D eigenvalue weighted by atomic mass is 32.2. The Hall–Kier alpha value is 0.0900. The number of thiol groups is 2. The Balaban J connectivity index is 0. The molecule has 0 aliphatic carbocycles. The van der Waals surface area contributed by atoms with E-state index in [9.17, 15) is 4.79 Å². The van der Waals surface area contributed by atoms with E-state index in [0.29, 0.717) is 0 Å². The van der Waals surface area contributed by atoms with Crippen molar-refractivity contribution < 1.29 is 20.1 Å². The molecule has 3 N–H and O–H groups in total. The summed E-state index contributed by atoms with van der Waals surface area (Å²) in [4.78, 5) is 9.87. The number of hydrogen-bond acceptors (Lipinski definition) is 5. The van der Waals surface area contributed by atoms with Crippen LogP contribution in [0.15, 0.2) is 0 Å². The van der Waals surface area contributed by atoms with E-state index in [1.165, 1.54) is 13.8 Å². The monoisotopic (exact) mass is 214 g/mol. The molecule has 74 valence electrons. The van der Waals surface area contributed by atoms with Crippen LogP contribution in [0.1, 0.15) is 13.8 Å². The Bertz CT molecular complexity index is 130. The van der Waals surface area contributed by atoms with Crippen molar-refractivity contribution in [2.24, 2.45) is 0 Å². The Kier molecular flexibility index (Phi) is 8.02. The van der Waals surface area contributed by atoms with E-state index in [0.717, 1.165) is 0 Å². The summed E-state index contributed by atoms with van der Waals surface area (Å²) in [7, 11) is 0. The molecule has 1 unspecified atom stereocenters. The van der Waals surface area contributed by atoms with Gasteiger partial charge < -0.3 is 15.3 Å². The lowest BCUT2D eigenvalue weighted by Gasteiger charge is -2.06. The van der Waals surface area contributed by atoms with E-state index in [2.05, 4.69) is 25.3 Å². The molecule has 4 nitrogen and oxygen atoms in total. The van der Waals surface area contributed by atoms with Crippen molar-refractivity contribution >= 4 is 31.2 Å². The molecule has 0 saturated heterocycles. The largest absolute Gasteiger partial charge is 0.480 e. The molecule has 0 aromatic rings. The lowest BCUT2D eigenvalue weighted by Crippen LogP contribution is -2.20. The Morgan fingerprint density at radius 3 is 1.75 bits per heavy atom. The third-order valence-corrected chi connectivity index (χ3v) is 1.05. The van der Waals surface area contributed by atoms with Gasteiger partial charge in [-0.25, -0.2) is 4.79 Å². The molecule has 12 heavy (non-hydrogen) atoms. The maximum absolute atomic E-state index is 9.87. The van der Waals surface area contributed by atoms with Crippen LogP contribution in [0, 0.1) is 0 Å². The molecule has 0 rings (SSSR count). The van der Waals surface area contributed by atoms with Crippen molar-refractivity contribution in [3.05, 3.63) is 0 Å². The summed E-state index contributed by atoms with van der Waals surface area (Å²) < 4.78 is -1.19. The van der Waals surface area contributed by atoms with Crippen LogP contribution in [0.4, 0.5) is 0 Å². The zero-order chi connectivity index (χ0) is 10.4. The van der Waals surface area contributed by atoms with Gasteiger partial charge in [0, 0.05) is 0 Å². The number of carboxylic acid groups (broad SMARTS) is 1. The van der Waals surface area contributed by atoms with Crippen molar-refractivity contribution in [1.29, 1.82) is 0 Å². The van der Waals surface area contributed by atoms with E-state index < -0.39 is 16.2 Å². The summed E-state index contributed by atoms with van der Waals surface area (Å²) >= 11 is 7.23. The molecule has 6 heteroatoms. The van der Waals surface area contributed by atoms with Crippen molar-refractivity contribution in [1.82, 2.24) is 0 Å². The first-order chi connectivity index (χ1) is 5.21. The standard InChI is InChI=1S/C3H6O2S2.C3H8O2/c1-3(6,7)2(4)5;1-3(5)2-4/h6-7H,1H3,(H,4,5);3-5H,2H2,1H3. The second-order valence-electron chi connectivity index (χ2n) is 2.36. The van der Waals surface area contributed by atoms with Crippen LogP contribution in [0.25, 0.3) is 0 Å². The fourth-order valence-corrected chi connectivity index (χ4v) is 0. The SMILES string of the molecule is CC(O)CO.CC(S)(S)C(=O)O. The fraction of sp³-hybridized carbons (Fsp3) is 0.833. The molecule has 0 amide bonds. The summed E-state index contributed by atoms with van der Waals surface area (Å²) in [6.45, 7) is 2.78. The van der Waals surface area contributed by atoms with Gasteiger partial charge in [-0.1, -0.05) is 0 Å². The van der Waals surface area contributed by atoms with Gasteiger partial charge in [-0.15, -0.1) is 0 Å². The second kappa shape index (κ2) is 6.59. The minimum absolute atomic E-state index is 0.139. The summed E-state index contributed by atoms with van der Waals surface area (Å²) in [6, 6.07) is 0. The summed E-state index contributed by atoms with van der Waals surface area (Å²) in [6.07, 6.45) is -0.560. The number of carboxylic acids is 1. The van der Waals surface area contributed by atoms with E-state index in [4.69, 9.17) is 15.3 Å². The molecule has 0 radical (unpaired) electrons. The highest BCUT2D eigenvalue weighted by Gasteiger charge is 2.21. The number of aliphatic carboxylic acids is 1. The maximum Gasteiger partial charge on any atom is 0.329 e. The molecule has 0 fully saturated rings. The molecular weight excluding hydrogens is 200 g/mol. The highest BCUT2D eigenvalue weighted by Crippen LogP contribution is 2.16. The number of rotatable bonds is 2. The quantitative estimate of drug-likeness (QED) is 0.331. The molecule has 0 bridgehead atoms. The Labute approximate surface area is 82.4 Å². The Morgan fingerprint density at radius 2 is 1.75 bits per heavy atom. The van der Waals surface area contributed by atoms with Crippen LogP contribution in [0.5, 0.6) is 0 Å². The van der Waals surface area contributed by atoms with Gasteiger partial charge in [-0.3, -0.25) is 0 Å². The number of aliphatic hydroxyl groups excluding tert-OH is 2. The number of aliphatic hydroxyl groups is 2. The third-order valence-electron chi connectivity index (χ3n) is 0.669. The lowest BCUT2D eigenvalue weighted by atomic mass is 10.5. The smallest absolute Gasteiger partial charge is 0.329 e. The molecule has 0 aliphatic rings. The lowest BCUT2D eigenvalue weighted by molar-refractivity contribution is -0.136. The minimum atomic E-state index is -1.19. The van der Waals surface area contributed by atoms with Gasteiger partial charge in [0.1, 0.15) is 4.08 Å². The second-order valence-corrected chi connectivity index (χ2v) is 4.50. The van der Waals surface area contributed by atoms with Gasteiger partial charge in [-0.2, -0.15) is 25.3 Å². The topological polar surface area (TPSA) is 77.8 Å². The summed E-state index contributed by atoms with van der Waals surface area (Å²) in [5, 5.41) is 24.1. The first-order valence-electron chi connectivity index (χ1n) is 3.18. The minimum Gasteiger partial charge on any atom is -0.480 e. The van der Waals surface area contributed by atoms with Crippen molar-refractivity contribution in [3.8, 4) is 0 Å². The summed E-state index contributed by atoms with van der Waals surface area (Å²) in [5.41, 5.74) is 0. The molecule has 0 heterocycles. The third kappa shape index (κ3) is 12.7. The van der Waals surface area contributed by atoms with Crippen LogP contribution in [0.2, 0.25) is 0 Å². The van der Waals surface area contributed by atoms with Crippen molar-refractivity contribution in [3.63, 3.8) is 0 Å². The molecule has 0 aromatic heterocycles. The van der Waals surface area contributed by atoms with E-state index in [-0.39, 0.29) is 6.61 Å². The molecular formula is C6H14O4S2. The molecule has 1 atom stereocenters. The van der Waals surface area contributed by atoms with Gasteiger partial charge in [-0.05, 0) is 13.8 Å². The molecule has 0 saturated carbocycles. The average molecular weight is 214 g/mol. The zero-order valence-electron chi connectivity index (χ0n) is 6.93. The number of hydrogen-bond donors (Lipinski definition) is 5. The first kappa shape index (κ1) is 14.6. The van der Waals surface area contributed by atoms with E-state index in [1.807, 2.05) is 0 Å². The van der Waals surface area contributed by atoms with Crippen LogP contribution in [-0.4, -0.2) is 38.1 Å². The normalized spacial score (nSPS) is 12.8. The zero-order valence-corrected chi connectivity index (χ0v) is 8.72. The molecule has 0 spiro atoms. The van der Waals surface area contributed by atoms with Crippen molar-refractivity contribution in [2.45, 2.75) is 24.0 Å². The fourth-order valence-electron chi connectivity index (χ4n) is 0. The first-order valence-corrected chi connectivity index (χ1v) is 4.08. The van der Waals surface area contributed by atoms with Crippen molar-refractivity contribution in [2.75, 3.05) is 6.61 Å². The van der Waals surface area contributed by atoms with Gasteiger partial charge in [0.25, 0.3) is 0 Å². The van der Waals surface area contributed by atoms with Gasteiger partial charge in [0.15, 0.2) is 0 Å². The van der Waals surface area contributed by atoms with E-state index in [1.54, 1.807) is 0 Å². The molecule has 0 aromatic carbocycles. The average Bonchev–Trinajstić information content (AvgIpc) is 1.87. The highest BCUT2D eigenvalue weighted by molar-refractivity contribution is 8.01. The van der Waals surface area contributed by atoms with Gasteiger partial charge >= 0.3 is 5.97 Å². The molecule has 0 aliphatic heterocycles. The Morgan fingerprint density at radius 1 is 1.58 bits per heavy atom. The number of carbonyl (C=O) groups is 1. The summed E-state index contributed by atoms with van der Waals surface area (Å²) in [5.74, 6) is -1.03. The van der Waals surface area contributed by atoms with Crippen LogP contribution in [0.3, 0.4) is 0 Å². The maximum atomic E-state index is 9.87. The van der Waals surface area contributed by atoms with Gasteiger partial charge in [0.05, 0.1) is 12.7 Å².